The Labute approximate surface area is 118 Å². The fourth-order valence-corrected chi connectivity index (χ4v) is 3.37. The van der Waals surface area contributed by atoms with Crippen molar-refractivity contribution in [2.24, 2.45) is 5.92 Å². The SMILES string of the molecule is CCCNCCS(=O)(=O)NCC1CCN(C(C)C)C1. The summed E-state index contributed by atoms with van der Waals surface area (Å²) in [6.45, 7) is 10.5. The highest BCUT2D eigenvalue weighted by molar-refractivity contribution is 7.89. The van der Waals surface area contributed by atoms with Gasteiger partial charge in [0, 0.05) is 25.7 Å². The summed E-state index contributed by atoms with van der Waals surface area (Å²) in [4.78, 5) is 2.40. The third kappa shape index (κ3) is 6.70. The molecule has 0 radical (unpaired) electrons. The van der Waals surface area contributed by atoms with E-state index in [1.165, 1.54) is 0 Å². The van der Waals surface area contributed by atoms with Crippen molar-refractivity contribution in [2.45, 2.75) is 39.7 Å². The van der Waals surface area contributed by atoms with Crippen LogP contribution in [0.5, 0.6) is 0 Å². The van der Waals surface area contributed by atoms with E-state index < -0.39 is 10.0 Å². The average Bonchev–Trinajstić information content (AvgIpc) is 2.81. The minimum atomic E-state index is -3.12. The topological polar surface area (TPSA) is 61.4 Å². The van der Waals surface area contributed by atoms with E-state index in [1.54, 1.807) is 0 Å². The summed E-state index contributed by atoms with van der Waals surface area (Å²) < 4.78 is 26.3. The summed E-state index contributed by atoms with van der Waals surface area (Å²) in [5.74, 6) is 0.633. The molecule has 0 bridgehead atoms. The van der Waals surface area contributed by atoms with E-state index in [-0.39, 0.29) is 5.75 Å². The molecule has 1 aliphatic rings. The van der Waals surface area contributed by atoms with E-state index in [0.29, 0.717) is 25.0 Å². The molecule has 0 aromatic carbocycles. The first-order valence-corrected chi connectivity index (χ1v) is 9.02. The first-order valence-electron chi connectivity index (χ1n) is 7.36. The minimum absolute atomic E-state index is 0.174. The molecule has 1 aliphatic heterocycles. The molecule has 0 saturated carbocycles. The predicted octanol–water partition coefficient (Wildman–Crippen LogP) is 0.636. The molecule has 1 rings (SSSR count). The van der Waals surface area contributed by atoms with Crippen LogP contribution in [0.4, 0.5) is 0 Å². The Morgan fingerprint density at radius 3 is 2.63 bits per heavy atom. The molecule has 0 aliphatic carbocycles. The lowest BCUT2D eigenvalue weighted by Crippen LogP contribution is -2.36. The van der Waals surface area contributed by atoms with Gasteiger partial charge in [0.2, 0.25) is 10.0 Å². The van der Waals surface area contributed by atoms with Gasteiger partial charge < -0.3 is 10.2 Å². The maximum atomic E-state index is 11.8. The highest BCUT2D eigenvalue weighted by atomic mass is 32.2. The molecule has 5 nitrogen and oxygen atoms in total. The van der Waals surface area contributed by atoms with E-state index in [9.17, 15) is 8.42 Å². The van der Waals surface area contributed by atoms with Crippen LogP contribution in [0.15, 0.2) is 0 Å². The molecule has 0 aromatic heterocycles. The molecule has 0 spiro atoms. The normalized spacial score (nSPS) is 21.4. The Hall–Kier alpha value is -0.170. The van der Waals surface area contributed by atoms with Gasteiger partial charge in [-0.15, -0.1) is 0 Å². The van der Waals surface area contributed by atoms with E-state index in [4.69, 9.17) is 0 Å². The number of rotatable bonds is 9. The molecule has 114 valence electrons. The molecule has 1 saturated heterocycles. The van der Waals surface area contributed by atoms with Crippen molar-refractivity contribution in [3.63, 3.8) is 0 Å². The fraction of sp³-hybridized carbons (Fsp3) is 1.00. The molecule has 1 atom stereocenters. The first-order chi connectivity index (χ1) is 8.94. The van der Waals surface area contributed by atoms with Gasteiger partial charge in [0.15, 0.2) is 0 Å². The smallest absolute Gasteiger partial charge is 0.212 e. The van der Waals surface area contributed by atoms with Crippen molar-refractivity contribution in [1.29, 1.82) is 0 Å². The second kappa shape index (κ2) is 8.19. The van der Waals surface area contributed by atoms with E-state index in [1.807, 2.05) is 0 Å². The number of hydrogen-bond acceptors (Lipinski definition) is 4. The second-order valence-electron chi connectivity index (χ2n) is 5.66. The van der Waals surface area contributed by atoms with Gasteiger partial charge in [-0.25, -0.2) is 13.1 Å². The van der Waals surface area contributed by atoms with Crippen LogP contribution in [0.1, 0.15) is 33.6 Å². The molecule has 0 aromatic rings. The Morgan fingerprint density at radius 2 is 2.05 bits per heavy atom. The molecule has 6 heteroatoms. The highest BCUT2D eigenvalue weighted by Crippen LogP contribution is 2.17. The highest BCUT2D eigenvalue weighted by Gasteiger charge is 2.25. The zero-order valence-electron chi connectivity index (χ0n) is 12.5. The van der Waals surface area contributed by atoms with Crippen molar-refractivity contribution >= 4 is 10.0 Å². The van der Waals surface area contributed by atoms with Crippen LogP contribution >= 0.6 is 0 Å². The van der Waals surface area contributed by atoms with E-state index in [0.717, 1.165) is 32.5 Å². The van der Waals surface area contributed by atoms with Crippen LogP contribution in [0.3, 0.4) is 0 Å². The predicted molar refractivity (Wildman–Crippen MR) is 79.8 cm³/mol. The number of nitrogens with zero attached hydrogens (tertiary/aromatic N) is 1. The van der Waals surface area contributed by atoms with Crippen LogP contribution in [0.2, 0.25) is 0 Å². The summed E-state index contributed by atoms with van der Waals surface area (Å²) in [5.41, 5.74) is 0. The molecule has 1 heterocycles. The summed E-state index contributed by atoms with van der Waals surface area (Å²) in [5, 5.41) is 3.11. The van der Waals surface area contributed by atoms with Crippen molar-refractivity contribution in [3.8, 4) is 0 Å². The largest absolute Gasteiger partial charge is 0.316 e. The van der Waals surface area contributed by atoms with Gasteiger partial charge in [-0.2, -0.15) is 0 Å². The van der Waals surface area contributed by atoms with Gasteiger partial charge in [0.25, 0.3) is 0 Å². The lowest BCUT2D eigenvalue weighted by Gasteiger charge is -2.20. The number of nitrogens with one attached hydrogen (secondary N) is 2. The van der Waals surface area contributed by atoms with Gasteiger partial charge in [-0.3, -0.25) is 0 Å². The summed E-state index contributed by atoms with van der Waals surface area (Å²) >= 11 is 0. The third-order valence-corrected chi connectivity index (χ3v) is 4.96. The van der Waals surface area contributed by atoms with Crippen molar-refractivity contribution in [1.82, 2.24) is 14.9 Å². The van der Waals surface area contributed by atoms with Crippen LogP contribution in [-0.2, 0) is 10.0 Å². The third-order valence-electron chi connectivity index (χ3n) is 3.61. The minimum Gasteiger partial charge on any atom is -0.316 e. The Balaban J connectivity index is 2.21. The molecule has 1 unspecified atom stereocenters. The summed E-state index contributed by atoms with van der Waals surface area (Å²) in [7, 11) is -3.12. The molecular formula is C13H29N3O2S. The Kier molecular flexibility index (Phi) is 7.28. The molecule has 1 fully saturated rings. The monoisotopic (exact) mass is 291 g/mol. The van der Waals surface area contributed by atoms with Crippen molar-refractivity contribution in [3.05, 3.63) is 0 Å². The first kappa shape index (κ1) is 16.9. The summed E-state index contributed by atoms with van der Waals surface area (Å²) in [6.07, 6.45) is 2.12. The fourth-order valence-electron chi connectivity index (χ4n) is 2.32. The van der Waals surface area contributed by atoms with Crippen LogP contribution in [-0.4, -0.2) is 57.8 Å². The van der Waals surface area contributed by atoms with Gasteiger partial charge in [-0.1, -0.05) is 6.92 Å². The molecule has 0 amide bonds. The van der Waals surface area contributed by atoms with E-state index >= 15 is 0 Å². The van der Waals surface area contributed by atoms with Crippen LogP contribution in [0.25, 0.3) is 0 Å². The zero-order chi connectivity index (χ0) is 14.3. The average molecular weight is 291 g/mol. The molecule has 2 N–H and O–H groups in total. The maximum absolute atomic E-state index is 11.8. The van der Waals surface area contributed by atoms with Gasteiger partial charge in [-0.05, 0) is 45.7 Å². The Morgan fingerprint density at radius 1 is 1.32 bits per heavy atom. The lowest BCUT2D eigenvalue weighted by molar-refractivity contribution is 0.265. The number of sulfonamides is 1. The van der Waals surface area contributed by atoms with Crippen molar-refractivity contribution < 1.29 is 8.42 Å². The van der Waals surface area contributed by atoms with E-state index in [2.05, 4.69) is 35.7 Å². The lowest BCUT2D eigenvalue weighted by atomic mass is 10.1. The second-order valence-corrected chi connectivity index (χ2v) is 7.59. The number of hydrogen-bond donors (Lipinski definition) is 2. The Bertz CT molecular complexity index is 344. The standard InChI is InChI=1S/C13H29N3O2S/c1-4-6-14-7-9-19(17,18)15-10-13-5-8-16(11-13)12(2)3/h12-15H,4-11H2,1-3H3. The van der Waals surface area contributed by atoms with Crippen LogP contribution in [0, 0.1) is 5.92 Å². The maximum Gasteiger partial charge on any atom is 0.212 e. The quantitative estimate of drug-likeness (QED) is 0.612. The van der Waals surface area contributed by atoms with Gasteiger partial charge in [0.05, 0.1) is 5.75 Å². The molecular weight excluding hydrogens is 262 g/mol. The van der Waals surface area contributed by atoms with Crippen molar-refractivity contribution in [2.75, 3.05) is 38.5 Å². The molecule has 19 heavy (non-hydrogen) atoms. The zero-order valence-corrected chi connectivity index (χ0v) is 13.3. The van der Waals surface area contributed by atoms with Crippen LogP contribution < -0.4 is 10.0 Å². The van der Waals surface area contributed by atoms with Gasteiger partial charge >= 0.3 is 0 Å². The van der Waals surface area contributed by atoms with Gasteiger partial charge in [0.1, 0.15) is 0 Å². The summed E-state index contributed by atoms with van der Waals surface area (Å²) in [6, 6.07) is 0.555. The number of likely N-dealkylation sites (tertiary alicyclic amines) is 1.